The van der Waals surface area contributed by atoms with E-state index in [1.807, 2.05) is 0 Å². The van der Waals surface area contributed by atoms with E-state index in [0.29, 0.717) is 4.47 Å². The highest BCUT2D eigenvalue weighted by molar-refractivity contribution is 9.10. The van der Waals surface area contributed by atoms with Crippen LogP contribution in [-0.4, -0.2) is 19.7 Å². The minimum Gasteiger partial charge on any atom is -0.438 e. The molecule has 0 amide bonds. The Morgan fingerprint density at radius 1 is 1.32 bits per heavy atom. The van der Waals surface area contributed by atoms with Crippen molar-refractivity contribution in [1.82, 2.24) is 4.98 Å². The van der Waals surface area contributed by atoms with Gasteiger partial charge in [-0.15, -0.1) is 0 Å². The maximum absolute atomic E-state index is 13.2. The van der Waals surface area contributed by atoms with Crippen molar-refractivity contribution >= 4 is 25.8 Å². The van der Waals surface area contributed by atoms with E-state index in [2.05, 4.69) is 20.9 Å². The molecule has 0 aliphatic carbocycles. The van der Waals surface area contributed by atoms with Crippen LogP contribution in [0.5, 0.6) is 11.6 Å². The van der Waals surface area contributed by atoms with Crippen LogP contribution in [0.25, 0.3) is 0 Å². The van der Waals surface area contributed by atoms with Crippen molar-refractivity contribution in [3.63, 3.8) is 0 Å². The lowest BCUT2D eigenvalue weighted by molar-refractivity contribution is 0.443. The zero-order chi connectivity index (χ0) is 14.0. The van der Waals surface area contributed by atoms with Gasteiger partial charge in [0.1, 0.15) is 16.5 Å². The molecular formula is C12H9BrFNO3S. The summed E-state index contributed by atoms with van der Waals surface area (Å²) >= 11 is 3.13. The van der Waals surface area contributed by atoms with E-state index in [9.17, 15) is 12.8 Å². The van der Waals surface area contributed by atoms with E-state index in [1.54, 1.807) is 0 Å². The number of halogens is 2. The number of aromatic nitrogens is 1. The van der Waals surface area contributed by atoms with Crippen molar-refractivity contribution in [1.29, 1.82) is 0 Å². The Morgan fingerprint density at radius 2 is 2.05 bits per heavy atom. The van der Waals surface area contributed by atoms with Crippen LogP contribution in [0.15, 0.2) is 45.9 Å². The van der Waals surface area contributed by atoms with Gasteiger partial charge in [0, 0.05) is 23.0 Å². The Labute approximate surface area is 118 Å². The topological polar surface area (TPSA) is 56.3 Å². The Balaban J connectivity index is 2.44. The molecule has 0 bridgehead atoms. The fourth-order valence-corrected chi connectivity index (χ4v) is 2.62. The molecule has 0 saturated carbocycles. The van der Waals surface area contributed by atoms with Crippen molar-refractivity contribution in [3.05, 3.63) is 46.8 Å². The molecule has 1 aromatic carbocycles. The fourth-order valence-electron chi connectivity index (χ4n) is 1.43. The first-order valence-corrected chi connectivity index (χ1v) is 7.84. The largest absolute Gasteiger partial charge is 0.438 e. The second kappa shape index (κ2) is 5.26. The molecule has 19 heavy (non-hydrogen) atoms. The summed E-state index contributed by atoms with van der Waals surface area (Å²) in [7, 11) is -3.47. The van der Waals surface area contributed by atoms with Crippen LogP contribution in [0.3, 0.4) is 0 Å². The second-order valence-electron chi connectivity index (χ2n) is 3.79. The Bertz CT molecular complexity index is 698. The summed E-state index contributed by atoms with van der Waals surface area (Å²) in [6.07, 6.45) is 2.46. The maximum atomic E-state index is 13.2. The number of rotatable bonds is 3. The minimum atomic E-state index is -3.47. The lowest BCUT2D eigenvalue weighted by Crippen LogP contribution is -2.01. The standard InChI is InChI=1S/C12H9BrFNO3S/c1-19(16,17)11-3-2-4-15-12(11)18-10-6-8(13)5-9(14)7-10/h2-7H,1H3. The number of nitrogens with zero attached hydrogens (tertiary/aromatic N) is 1. The molecule has 0 aliphatic heterocycles. The molecule has 1 aromatic heterocycles. The summed E-state index contributed by atoms with van der Waals surface area (Å²) in [5, 5.41) is 0. The third-order valence-electron chi connectivity index (χ3n) is 2.19. The van der Waals surface area contributed by atoms with Crippen LogP contribution in [-0.2, 0) is 9.84 Å². The molecule has 0 aliphatic rings. The van der Waals surface area contributed by atoms with Crippen molar-refractivity contribution in [2.75, 3.05) is 6.26 Å². The zero-order valence-corrected chi connectivity index (χ0v) is 12.2. The van der Waals surface area contributed by atoms with Crippen molar-refractivity contribution in [3.8, 4) is 11.6 Å². The smallest absolute Gasteiger partial charge is 0.238 e. The van der Waals surface area contributed by atoms with Crippen molar-refractivity contribution in [2.45, 2.75) is 4.90 Å². The molecule has 2 aromatic rings. The summed E-state index contributed by atoms with van der Waals surface area (Å²) in [5.74, 6) is -0.417. The van der Waals surface area contributed by atoms with Gasteiger partial charge in [0.2, 0.25) is 5.88 Å². The first-order chi connectivity index (χ1) is 8.86. The number of hydrogen-bond donors (Lipinski definition) is 0. The predicted octanol–water partition coefficient (Wildman–Crippen LogP) is 3.18. The van der Waals surface area contributed by atoms with E-state index in [0.717, 1.165) is 12.3 Å². The molecular weight excluding hydrogens is 337 g/mol. The van der Waals surface area contributed by atoms with Crippen LogP contribution in [0.1, 0.15) is 0 Å². The van der Waals surface area contributed by atoms with Crippen LogP contribution in [0.4, 0.5) is 4.39 Å². The first kappa shape index (κ1) is 14.0. The quantitative estimate of drug-likeness (QED) is 0.857. The van der Waals surface area contributed by atoms with E-state index in [1.165, 1.54) is 30.5 Å². The van der Waals surface area contributed by atoms with Gasteiger partial charge in [0.15, 0.2) is 9.84 Å². The van der Waals surface area contributed by atoms with Crippen LogP contribution in [0.2, 0.25) is 0 Å². The summed E-state index contributed by atoms with van der Waals surface area (Å²) in [6, 6.07) is 6.80. The molecule has 0 unspecified atom stereocenters. The molecule has 0 radical (unpaired) electrons. The van der Waals surface area contributed by atoms with Crippen LogP contribution in [0, 0.1) is 5.82 Å². The van der Waals surface area contributed by atoms with Gasteiger partial charge >= 0.3 is 0 Å². The van der Waals surface area contributed by atoms with E-state index >= 15 is 0 Å². The molecule has 0 spiro atoms. The molecule has 1 heterocycles. The summed E-state index contributed by atoms with van der Waals surface area (Å²) in [6.45, 7) is 0. The SMILES string of the molecule is CS(=O)(=O)c1cccnc1Oc1cc(F)cc(Br)c1. The summed E-state index contributed by atoms with van der Waals surface area (Å²) < 4.78 is 42.2. The average Bonchev–Trinajstić information content (AvgIpc) is 2.26. The number of hydrogen-bond acceptors (Lipinski definition) is 4. The lowest BCUT2D eigenvalue weighted by Gasteiger charge is -2.08. The lowest BCUT2D eigenvalue weighted by atomic mass is 10.3. The number of benzene rings is 1. The molecule has 2 rings (SSSR count). The number of sulfone groups is 1. The minimum absolute atomic E-state index is 0.0459. The summed E-state index contributed by atoms with van der Waals surface area (Å²) in [4.78, 5) is 3.81. The van der Waals surface area contributed by atoms with Gasteiger partial charge in [0.25, 0.3) is 0 Å². The highest BCUT2D eigenvalue weighted by Crippen LogP contribution is 2.28. The summed E-state index contributed by atoms with van der Waals surface area (Å²) in [5.41, 5.74) is 0. The fraction of sp³-hybridized carbons (Fsp3) is 0.0833. The molecule has 0 fully saturated rings. The van der Waals surface area contributed by atoms with Gasteiger partial charge in [0.05, 0.1) is 0 Å². The second-order valence-corrected chi connectivity index (χ2v) is 6.69. The Kier molecular flexibility index (Phi) is 3.86. The third kappa shape index (κ3) is 3.51. The van der Waals surface area contributed by atoms with E-state index in [4.69, 9.17) is 4.74 Å². The maximum Gasteiger partial charge on any atom is 0.238 e. The van der Waals surface area contributed by atoms with Gasteiger partial charge in [-0.1, -0.05) is 15.9 Å². The van der Waals surface area contributed by atoms with Gasteiger partial charge in [-0.3, -0.25) is 0 Å². The van der Waals surface area contributed by atoms with Crippen molar-refractivity contribution in [2.24, 2.45) is 0 Å². The Hall–Kier alpha value is -1.47. The normalized spacial score (nSPS) is 11.3. The van der Waals surface area contributed by atoms with Crippen LogP contribution < -0.4 is 4.74 Å². The molecule has 100 valence electrons. The van der Waals surface area contributed by atoms with Crippen molar-refractivity contribution < 1.29 is 17.5 Å². The number of ether oxygens (including phenoxy) is 1. The zero-order valence-electron chi connectivity index (χ0n) is 9.80. The van der Waals surface area contributed by atoms with E-state index in [-0.39, 0.29) is 16.5 Å². The monoisotopic (exact) mass is 345 g/mol. The predicted molar refractivity (Wildman–Crippen MR) is 71.5 cm³/mol. The van der Waals surface area contributed by atoms with Gasteiger partial charge in [-0.05, 0) is 24.3 Å². The Morgan fingerprint density at radius 3 is 2.68 bits per heavy atom. The highest BCUT2D eigenvalue weighted by Gasteiger charge is 2.16. The third-order valence-corrected chi connectivity index (χ3v) is 3.75. The van der Waals surface area contributed by atoms with Crippen LogP contribution >= 0.6 is 15.9 Å². The molecule has 4 nitrogen and oxygen atoms in total. The molecule has 0 atom stereocenters. The molecule has 0 saturated heterocycles. The number of pyridine rings is 1. The first-order valence-electron chi connectivity index (χ1n) is 5.15. The van der Waals surface area contributed by atoms with Gasteiger partial charge < -0.3 is 4.74 Å². The highest BCUT2D eigenvalue weighted by atomic mass is 79.9. The van der Waals surface area contributed by atoms with Gasteiger partial charge in [-0.2, -0.15) is 0 Å². The van der Waals surface area contributed by atoms with E-state index < -0.39 is 15.7 Å². The molecule has 7 heteroatoms. The average molecular weight is 346 g/mol. The van der Waals surface area contributed by atoms with Gasteiger partial charge in [-0.25, -0.2) is 17.8 Å². The molecule has 0 N–H and O–H groups in total.